The molecule has 17 heavy (non-hydrogen) atoms. The maximum Gasteiger partial charge on any atom is 0.207 e. The van der Waals surface area contributed by atoms with E-state index in [-0.39, 0.29) is 5.41 Å². The van der Waals surface area contributed by atoms with Crippen LogP contribution in [0.15, 0.2) is 24.3 Å². The van der Waals surface area contributed by atoms with Gasteiger partial charge in [0.2, 0.25) is 5.13 Å². The minimum Gasteiger partial charge on any atom is -0.399 e. The number of nitrogen functional groups attached to an aromatic ring is 1. The van der Waals surface area contributed by atoms with Gasteiger partial charge in [0.05, 0.1) is 0 Å². The molecular weight excluding hydrogens is 232 g/mol. The van der Waals surface area contributed by atoms with E-state index in [9.17, 15) is 0 Å². The summed E-state index contributed by atoms with van der Waals surface area (Å²) in [6.07, 6.45) is 0. The van der Waals surface area contributed by atoms with E-state index in [1.807, 2.05) is 24.3 Å². The highest BCUT2D eigenvalue weighted by molar-refractivity contribution is 7.09. The molecule has 4 nitrogen and oxygen atoms in total. The zero-order valence-corrected chi connectivity index (χ0v) is 11.0. The number of hydrogen-bond donors (Lipinski definition) is 2. The van der Waals surface area contributed by atoms with Crippen LogP contribution in [0.25, 0.3) is 0 Å². The molecule has 1 aromatic heterocycles. The summed E-state index contributed by atoms with van der Waals surface area (Å²) in [4.78, 5) is 4.46. The molecule has 0 fully saturated rings. The molecule has 2 aromatic rings. The molecule has 0 bridgehead atoms. The van der Waals surface area contributed by atoms with Gasteiger partial charge >= 0.3 is 0 Å². The Labute approximate surface area is 105 Å². The Morgan fingerprint density at radius 1 is 1.18 bits per heavy atom. The molecule has 0 saturated carbocycles. The van der Waals surface area contributed by atoms with Crippen LogP contribution in [0, 0.1) is 0 Å². The smallest absolute Gasteiger partial charge is 0.207 e. The molecule has 0 amide bonds. The number of rotatable bonds is 2. The second-order valence-electron chi connectivity index (χ2n) is 4.92. The minimum absolute atomic E-state index is 0.0163. The van der Waals surface area contributed by atoms with Crippen molar-refractivity contribution >= 4 is 28.0 Å². The minimum atomic E-state index is -0.0163. The number of nitrogens with two attached hydrogens (primary N) is 1. The molecule has 1 aromatic carbocycles. The van der Waals surface area contributed by atoms with Gasteiger partial charge in [0.25, 0.3) is 0 Å². The van der Waals surface area contributed by atoms with Crippen LogP contribution >= 0.6 is 11.5 Å². The molecular formula is C12H16N4S. The van der Waals surface area contributed by atoms with Gasteiger partial charge in [-0.25, -0.2) is 4.98 Å². The summed E-state index contributed by atoms with van der Waals surface area (Å²) in [5.74, 6) is 0.862. The third kappa shape index (κ3) is 2.94. The Balaban J connectivity index is 2.14. The van der Waals surface area contributed by atoms with Crippen LogP contribution in [0.5, 0.6) is 0 Å². The molecule has 0 radical (unpaired) electrons. The van der Waals surface area contributed by atoms with Gasteiger partial charge in [-0.3, -0.25) is 0 Å². The first-order chi connectivity index (χ1) is 7.95. The SMILES string of the molecule is CC(C)(C)c1nsc(Nc2ccc(N)cc2)n1. The van der Waals surface area contributed by atoms with Gasteiger partial charge in [-0.05, 0) is 24.3 Å². The van der Waals surface area contributed by atoms with E-state index in [1.54, 1.807) is 0 Å². The lowest BCUT2D eigenvalue weighted by atomic mass is 9.96. The standard InChI is InChI=1S/C12H16N4S/c1-12(2,3)10-15-11(17-16-10)14-9-6-4-8(13)5-7-9/h4-7H,13H2,1-3H3,(H,14,15,16). The summed E-state index contributed by atoms with van der Waals surface area (Å²) >= 11 is 1.37. The summed E-state index contributed by atoms with van der Waals surface area (Å²) in [5, 5.41) is 4.02. The quantitative estimate of drug-likeness (QED) is 0.801. The zero-order chi connectivity index (χ0) is 12.5. The molecule has 2 rings (SSSR count). The van der Waals surface area contributed by atoms with Crippen molar-refractivity contribution in [2.24, 2.45) is 0 Å². The third-order valence-corrected chi connectivity index (χ3v) is 2.89. The maximum absolute atomic E-state index is 5.63. The molecule has 3 N–H and O–H groups in total. The number of nitrogens with zero attached hydrogens (tertiary/aromatic N) is 2. The van der Waals surface area contributed by atoms with E-state index in [0.717, 1.165) is 22.3 Å². The van der Waals surface area contributed by atoms with Gasteiger partial charge in [-0.15, -0.1) is 0 Å². The Morgan fingerprint density at radius 2 is 1.82 bits per heavy atom. The van der Waals surface area contributed by atoms with Crippen LogP contribution in [-0.4, -0.2) is 9.36 Å². The van der Waals surface area contributed by atoms with Crippen molar-refractivity contribution in [2.75, 3.05) is 11.1 Å². The number of hydrogen-bond acceptors (Lipinski definition) is 5. The maximum atomic E-state index is 5.63. The lowest BCUT2D eigenvalue weighted by Crippen LogP contribution is -2.13. The first-order valence-electron chi connectivity index (χ1n) is 5.42. The number of anilines is 3. The molecule has 0 spiro atoms. The van der Waals surface area contributed by atoms with Crippen molar-refractivity contribution in [2.45, 2.75) is 26.2 Å². The topological polar surface area (TPSA) is 63.8 Å². The van der Waals surface area contributed by atoms with Crippen molar-refractivity contribution in [3.8, 4) is 0 Å². The van der Waals surface area contributed by atoms with Crippen LogP contribution in [0.3, 0.4) is 0 Å². The summed E-state index contributed by atoms with van der Waals surface area (Å²) < 4.78 is 4.34. The fraction of sp³-hybridized carbons (Fsp3) is 0.333. The highest BCUT2D eigenvalue weighted by Gasteiger charge is 2.19. The van der Waals surface area contributed by atoms with Gasteiger partial charge < -0.3 is 11.1 Å². The Bertz CT molecular complexity index is 496. The fourth-order valence-corrected chi connectivity index (χ4v) is 2.05. The average molecular weight is 248 g/mol. The van der Waals surface area contributed by atoms with Crippen molar-refractivity contribution < 1.29 is 0 Å². The van der Waals surface area contributed by atoms with E-state index in [4.69, 9.17) is 5.73 Å². The van der Waals surface area contributed by atoms with Crippen molar-refractivity contribution in [1.82, 2.24) is 9.36 Å². The highest BCUT2D eigenvalue weighted by Crippen LogP contribution is 2.25. The molecule has 0 aliphatic heterocycles. The van der Waals surface area contributed by atoms with Crippen LogP contribution in [0.1, 0.15) is 26.6 Å². The number of nitrogens with one attached hydrogen (secondary N) is 1. The lowest BCUT2D eigenvalue weighted by molar-refractivity contribution is 0.555. The molecule has 90 valence electrons. The normalized spacial score (nSPS) is 11.5. The molecule has 5 heteroatoms. The molecule has 0 unspecified atom stereocenters. The fourth-order valence-electron chi connectivity index (χ4n) is 1.27. The van der Waals surface area contributed by atoms with Gasteiger partial charge in [-0.2, -0.15) is 4.37 Å². The van der Waals surface area contributed by atoms with Gasteiger partial charge in [0.15, 0.2) is 0 Å². The van der Waals surface area contributed by atoms with Crippen LogP contribution < -0.4 is 11.1 Å². The average Bonchev–Trinajstić information content (AvgIpc) is 2.69. The molecule has 0 saturated heterocycles. The first-order valence-corrected chi connectivity index (χ1v) is 6.19. The van der Waals surface area contributed by atoms with Crippen molar-refractivity contribution in [3.63, 3.8) is 0 Å². The Morgan fingerprint density at radius 3 is 2.35 bits per heavy atom. The highest BCUT2D eigenvalue weighted by atomic mass is 32.1. The van der Waals surface area contributed by atoms with Crippen LogP contribution in [0.2, 0.25) is 0 Å². The zero-order valence-electron chi connectivity index (χ0n) is 10.2. The molecule has 0 aliphatic rings. The number of benzene rings is 1. The van der Waals surface area contributed by atoms with E-state index < -0.39 is 0 Å². The van der Waals surface area contributed by atoms with E-state index >= 15 is 0 Å². The second-order valence-corrected chi connectivity index (χ2v) is 5.67. The monoisotopic (exact) mass is 248 g/mol. The molecule has 0 aliphatic carbocycles. The van der Waals surface area contributed by atoms with Crippen molar-refractivity contribution in [3.05, 3.63) is 30.1 Å². The predicted molar refractivity (Wildman–Crippen MR) is 72.7 cm³/mol. The van der Waals surface area contributed by atoms with Gasteiger partial charge in [0, 0.05) is 28.3 Å². The van der Waals surface area contributed by atoms with Gasteiger partial charge in [0.1, 0.15) is 5.82 Å². The van der Waals surface area contributed by atoms with E-state index in [0.29, 0.717) is 0 Å². The summed E-state index contributed by atoms with van der Waals surface area (Å²) in [6, 6.07) is 7.56. The summed E-state index contributed by atoms with van der Waals surface area (Å²) in [5.41, 5.74) is 7.33. The van der Waals surface area contributed by atoms with E-state index in [1.165, 1.54) is 11.5 Å². The Kier molecular flexibility index (Phi) is 3.02. The largest absolute Gasteiger partial charge is 0.399 e. The van der Waals surface area contributed by atoms with Crippen LogP contribution in [0.4, 0.5) is 16.5 Å². The second kappa shape index (κ2) is 4.33. The number of aromatic nitrogens is 2. The predicted octanol–water partition coefficient (Wildman–Crippen LogP) is 3.16. The third-order valence-electron chi connectivity index (χ3n) is 2.26. The van der Waals surface area contributed by atoms with E-state index in [2.05, 4.69) is 35.4 Å². The lowest BCUT2D eigenvalue weighted by Gasteiger charge is -2.12. The molecule has 0 atom stereocenters. The van der Waals surface area contributed by atoms with Gasteiger partial charge in [-0.1, -0.05) is 20.8 Å². The van der Waals surface area contributed by atoms with Crippen LogP contribution in [-0.2, 0) is 5.41 Å². The molecule has 1 heterocycles. The van der Waals surface area contributed by atoms with Crippen molar-refractivity contribution in [1.29, 1.82) is 0 Å². The first kappa shape index (κ1) is 11.9. The summed E-state index contributed by atoms with van der Waals surface area (Å²) in [7, 11) is 0. The Hall–Kier alpha value is -1.62. The summed E-state index contributed by atoms with van der Waals surface area (Å²) in [6.45, 7) is 6.30.